The third-order valence-electron chi connectivity index (χ3n) is 5.19. The Kier molecular flexibility index (Phi) is 5.15. The van der Waals surface area contributed by atoms with Crippen LogP contribution in [-0.2, 0) is 13.2 Å². The van der Waals surface area contributed by atoms with E-state index in [0.717, 1.165) is 32.6 Å². The first-order valence-electron chi connectivity index (χ1n) is 10.4. The van der Waals surface area contributed by atoms with Gasteiger partial charge in [0.25, 0.3) is 0 Å². The third-order valence-corrected chi connectivity index (χ3v) is 7.13. The number of benzene rings is 2. The molecular formula is C22H18N8O2S2. The van der Waals surface area contributed by atoms with E-state index in [1.807, 2.05) is 62.4 Å². The predicted molar refractivity (Wildman–Crippen MR) is 127 cm³/mol. The van der Waals surface area contributed by atoms with Gasteiger partial charge in [-0.05, 0) is 37.1 Å². The van der Waals surface area contributed by atoms with Crippen LogP contribution in [0.3, 0.4) is 0 Å². The second-order valence-electron chi connectivity index (χ2n) is 7.54. The van der Waals surface area contributed by atoms with Crippen LogP contribution in [0.25, 0.3) is 19.9 Å². The van der Waals surface area contributed by atoms with Crippen molar-refractivity contribution in [3.05, 3.63) is 71.3 Å². The number of hydrogen-bond donors (Lipinski definition) is 0. The Balaban J connectivity index is 1.23. The van der Waals surface area contributed by atoms with Crippen LogP contribution in [0, 0.1) is 13.8 Å². The van der Waals surface area contributed by atoms with Crippen LogP contribution in [0.2, 0.25) is 0 Å². The summed E-state index contributed by atoms with van der Waals surface area (Å²) < 4.78 is 15.2. The lowest BCUT2D eigenvalue weighted by Gasteiger charge is -2.06. The normalized spacial score (nSPS) is 11.5. The Labute approximate surface area is 201 Å². The van der Waals surface area contributed by atoms with E-state index in [1.165, 1.54) is 22.7 Å². The topological polar surface area (TPSA) is 105 Å². The number of fused-ring (bicyclic) bond motifs is 2. The predicted octanol–water partition coefficient (Wildman–Crippen LogP) is 4.13. The first-order chi connectivity index (χ1) is 16.7. The zero-order valence-electron chi connectivity index (χ0n) is 18.2. The summed E-state index contributed by atoms with van der Waals surface area (Å²) in [5.74, 6) is 2.86. The van der Waals surface area contributed by atoms with Gasteiger partial charge in [0, 0.05) is 0 Å². The molecule has 0 atom stereocenters. The fraction of sp³-hybridized carbons (Fsp3) is 0.182. The second kappa shape index (κ2) is 8.47. The summed E-state index contributed by atoms with van der Waals surface area (Å²) in [7, 11) is 0. The lowest BCUT2D eigenvalue weighted by Crippen LogP contribution is -2.03. The van der Waals surface area contributed by atoms with Crippen LogP contribution < -0.4 is 9.47 Å². The highest BCUT2D eigenvalue weighted by atomic mass is 32.1. The van der Waals surface area contributed by atoms with Gasteiger partial charge in [-0.3, -0.25) is 0 Å². The molecule has 34 heavy (non-hydrogen) atoms. The van der Waals surface area contributed by atoms with Crippen molar-refractivity contribution in [2.24, 2.45) is 0 Å². The molecule has 6 rings (SSSR count). The Morgan fingerprint density at radius 2 is 1.09 bits per heavy atom. The van der Waals surface area contributed by atoms with Gasteiger partial charge in [0.1, 0.15) is 24.7 Å². The zero-order chi connectivity index (χ0) is 23.1. The molecule has 0 spiro atoms. The standard InChI is InChI=1S/C22H18N8O2S2/c1-13-7-3-5-9-15(13)31-11-17-23-25-21-29(17)27-19(33-21)20-28-30-18(24-26-22(30)34-20)12-32-16-10-6-4-8-14(16)2/h3-10H,11-12H2,1-2H3. The number of para-hydroxylation sites is 2. The minimum atomic E-state index is 0.265. The highest BCUT2D eigenvalue weighted by molar-refractivity contribution is 7.26. The van der Waals surface area contributed by atoms with E-state index < -0.39 is 0 Å². The number of rotatable bonds is 7. The van der Waals surface area contributed by atoms with Gasteiger partial charge in [0.05, 0.1) is 0 Å². The second-order valence-corrected chi connectivity index (χ2v) is 9.46. The van der Waals surface area contributed by atoms with Crippen LogP contribution in [-0.4, -0.2) is 39.6 Å². The van der Waals surface area contributed by atoms with Crippen LogP contribution >= 0.6 is 22.7 Å². The molecule has 2 aromatic carbocycles. The first kappa shape index (κ1) is 20.7. The Morgan fingerprint density at radius 1 is 0.647 bits per heavy atom. The van der Waals surface area contributed by atoms with Crippen molar-refractivity contribution >= 4 is 32.6 Å². The SMILES string of the molecule is Cc1ccccc1OCc1nnc2sc(-c3nn4c(COc5ccccc5C)nnc4s3)nn12. The van der Waals surface area contributed by atoms with Gasteiger partial charge in [0.15, 0.2) is 21.7 Å². The number of aryl methyl sites for hydroxylation is 2. The fourth-order valence-electron chi connectivity index (χ4n) is 3.39. The molecular weight excluding hydrogens is 472 g/mol. The van der Waals surface area contributed by atoms with Crippen LogP contribution in [0.15, 0.2) is 48.5 Å². The molecule has 0 bridgehead atoms. The van der Waals surface area contributed by atoms with E-state index in [-0.39, 0.29) is 13.2 Å². The van der Waals surface area contributed by atoms with E-state index >= 15 is 0 Å². The molecule has 0 saturated carbocycles. The number of aromatic nitrogens is 8. The van der Waals surface area contributed by atoms with Crippen LogP contribution in [0.4, 0.5) is 0 Å². The summed E-state index contributed by atoms with van der Waals surface area (Å²) in [6, 6.07) is 15.7. The van der Waals surface area contributed by atoms with Crippen molar-refractivity contribution in [3.63, 3.8) is 0 Å². The van der Waals surface area contributed by atoms with Crippen LogP contribution in [0.1, 0.15) is 22.8 Å². The van der Waals surface area contributed by atoms with Gasteiger partial charge in [0.2, 0.25) is 9.92 Å². The highest BCUT2D eigenvalue weighted by Gasteiger charge is 2.19. The van der Waals surface area contributed by atoms with Gasteiger partial charge in [-0.1, -0.05) is 59.1 Å². The molecule has 0 radical (unpaired) electrons. The summed E-state index contributed by atoms with van der Waals surface area (Å²) in [5.41, 5.74) is 2.12. The lowest BCUT2D eigenvalue weighted by atomic mass is 10.2. The van der Waals surface area contributed by atoms with Gasteiger partial charge < -0.3 is 9.47 Å². The maximum Gasteiger partial charge on any atom is 0.235 e. The lowest BCUT2D eigenvalue weighted by molar-refractivity contribution is 0.290. The Morgan fingerprint density at radius 3 is 1.53 bits per heavy atom. The molecule has 4 heterocycles. The quantitative estimate of drug-likeness (QED) is 0.329. The minimum absolute atomic E-state index is 0.265. The number of hydrogen-bond acceptors (Lipinski definition) is 10. The largest absolute Gasteiger partial charge is 0.485 e. The average molecular weight is 491 g/mol. The summed E-state index contributed by atoms with van der Waals surface area (Å²) in [6.07, 6.45) is 0. The molecule has 12 heteroatoms. The average Bonchev–Trinajstić information content (AvgIpc) is 3.59. The molecule has 0 aliphatic heterocycles. The summed E-state index contributed by atoms with van der Waals surface area (Å²) in [4.78, 5) is 1.35. The molecule has 4 aromatic heterocycles. The van der Waals surface area contributed by atoms with E-state index in [4.69, 9.17) is 9.47 Å². The Hall–Kier alpha value is -3.90. The van der Waals surface area contributed by atoms with E-state index in [1.54, 1.807) is 9.03 Å². The fourth-order valence-corrected chi connectivity index (χ4v) is 5.11. The summed E-state index contributed by atoms with van der Waals surface area (Å²) >= 11 is 2.82. The van der Waals surface area contributed by atoms with E-state index in [2.05, 4.69) is 30.6 Å². The Bertz CT molecular complexity index is 1500. The van der Waals surface area contributed by atoms with Gasteiger partial charge in [-0.2, -0.15) is 9.03 Å². The smallest absolute Gasteiger partial charge is 0.235 e. The van der Waals surface area contributed by atoms with Crippen molar-refractivity contribution in [3.8, 4) is 21.5 Å². The maximum absolute atomic E-state index is 5.92. The molecule has 170 valence electrons. The van der Waals surface area contributed by atoms with Crippen molar-refractivity contribution < 1.29 is 9.47 Å². The van der Waals surface area contributed by atoms with Crippen molar-refractivity contribution in [1.29, 1.82) is 0 Å². The number of nitrogens with zero attached hydrogens (tertiary/aromatic N) is 8. The number of ether oxygens (including phenoxy) is 2. The van der Waals surface area contributed by atoms with E-state index in [9.17, 15) is 0 Å². The first-order valence-corrected chi connectivity index (χ1v) is 12.1. The highest BCUT2D eigenvalue weighted by Crippen LogP contribution is 2.30. The van der Waals surface area contributed by atoms with Crippen LogP contribution in [0.5, 0.6) is 11.5 Å². The molecule has 0 aliphatic carbocycles. The molecule has 10 nitrogen and oxygen atoms in total. The summed E-state index contributed by atoms with van der Waals surface area (Å²) in [5, 5.41) is 27.7. The van der Waals surface area contributed by atoms with Gasteiger partial charge in [-0.15, -0.1) is 30.6 Å². The van der Waals surface area contributed by atoms with E-state index in [0.29, 0.717) is 21.6 Å². The van der Waals surface area contributed by atoms with Gasteiger partial charge in [-0.25, -0.2) is 0 Å². The van der Waals surface area contributed by atoms with Crippen molar-refractivity contribution in [2.45, 2.75) is 27.1 Å². The van der Waals surface area contributed by atoms with Crippen molar-refractivity contribution in [2.75, 3.05) is 0 Å². The molecule has 0 N–H and O–H groups in total. The van der Waals surface area contributed by atoms with Gasteiger partial charge >= 0.3 is 0 Å². The minimum Gasteiger partial charge on any atom is -0.485 e. The molecule has 0 amide bonds. The molecule has 0 fully saturated rings. The molecule has 6 aromatic rings. The maximum atomic E-state index is 5.92. The molecule has 0 aliphatic rings. The molecule has 0 unspecified atom stereocenters. The molecule has 0 saturated heterocycles. The monoisotopic (exact) mass is 490 g/mol. The van der Waals surface area contributed by atoms with Crippen molar-refractivity contribution in [1.82, 2.24) is 39.6 Å². The zero-order valence-corrected chi connectivity index (χ0v) is 19.9. The third kappa shape index (κ3) is 3.76. The summed E-state index contributed by atoms with van der Waals surface area (Å²) in [6.45, 7) is 4.54.